The van der Waals surface area contributed by atoms with Crippen LogP contribution in [0.3, 0.4) is 0 Å². The fraction of sp³-hybridized carbons (Fsp3) is 0.471. The molecule has 4 fully saturated rings. The average molecular weight is 357 g/mol. The minimum absolute atomic E-state index is 0.0526. The van der Waals surface area contributed by atoms with E-state index in [0.29, 0.717) is 22.1 Å². The smallest absolute Gasteiger partial charge is 0.226 e. The molecule has 1 aromatic carbocycles. The van der Waals surface area contributed by atoms with E-state index in [1.807, 2.05) is 18.2 Å². The molecule has 4 bridgehead atoms. The zero-order valence-corrected chi connectivity index (χ0v) is 14.2. The summed E-state index contributed by atoms with van der Waals surface area (Å²) in [6, 6.07) is 6.63. The second kappa shape index (κ2) is 5.52. The van der Waals surface area contributed by atoms with Crippen LogP contribution in [-0.4, -0.2) is 28.8 Å². The van der Waals surface area contributed by atoms with E-state index in [0.717, 1.165) is 24.9 Å². The molecular weight excluding hydrogens is 341 g/mol. The molecule has 0 aliphatic carbocycles. The van der Waals surface area contributed by atoms with Gasteiger partial charge in [0.25, 0.3) is 0 Å². The summed E-state index contributed by atoms with van der Waals surface area (Å²) in [5, 5.41) is 0.937. The maximum Gasteiger partial charge on any atom is 0.226 e. The molecule has 0 aromatic heterocycles. The van der Waals surface area contributed by atoms with Crippen molar-refractivity contribution in [3.05, 3.63) is 39.4 Å². The molecule has 4 aliphatic rings. The molecule has 5 atom stereocenters. The fourth-order valence-corrected chi connectivity index (χ4v) is 5.15. The van der Waals surface area contributed by atoms with Crippen molar-refractivity contribution in [2.45, 2.75) is 31.3 Å². The Hall–Kier alpha value is -0.540. The molecule has 4 heterocycles. The highest BCUT2D eigenvalue weighted by molar-refractivity contribution is 6.64. The summed E-state index contributed by atoms with van der Waals surface area (Å²) in [5.41, 5.74) is 2.33. The Balaban J connectivity index is 1.70. The summed E-state index contributed by atoms with van der Waals surface area (Å²) >= 11 is 18.0. The van der Waals surface area contributed by atoms with Crippen LogP contribution in [0.2, 0.25) is 10.0 Å². The maximum absolute atomic E-state index is 11.9. The molecule has 0 amide bonds. The third kappa shape index (κ3) is 2.32. The molecule has 1 unspecified atom stereocenters. The van der Waals surface area contributed by atoms with Gasteiger partial charge in [0.05, 0.1) is 16.0 Å². The van der Waals surface area contributed by atoms with Gasteiger partial charge in [-0.3, -0.25) is 9.69 Å². The first-order valence-corrected chi connectivity index (χ1v) is 8.78. The van der Waals surface area contributed by atoms with Crippen LogP contribution >= 0.6 is 34.8 Å². The normalized spacial score (nSPS) is 37.8. The van der Waals surface area contributed by atoms with E-state index < -0.39 is 0 Å². The second-order valence-corrected chi connectivity index (χ2v) is 7.72. The lowest BCUT2D eigenvalue weighted by Crippen LogP contribution is -2.57. The van der Waals surface area contributed by atoms with Gasteiger partial charge in [-0.25, -0.2) is 0 Å². The first kappa shape index (κ1) is 15.0. The molecule has 5 rings (SSSR count). The molecule has 0 radical (unpaired) electrons. The number of halogens is 3. The van der Waals surface area contributed by atoms with Gasteiger partial charge in [0, 0.05) is 18.6 Å². The largest absolute Gasteiger partial charge is 0.293 e. The first-order chi connectivity index (χ1) is 10.5. The lowest BCUT2D eigenvalue weighted by atomic mass is 9.71. The lowest BCUT2D eigenvalue weighted by Gasteiger charge is -2.50. The predicted octanol–water partition coefficient (Wildman–Crippen LogP) is 4.62. The van der Waals surface area contributed by atoms with Gasteiger partial charge < -0.3 is 0 Å². The zero-order chi connectivity index (χ0) is 15.4. The van der Waals surface area contributed by atoms with E-state index in [4.69, 9.17) is 34.8 Å². The summed E-state index contributed by atoms with van der Waals surface area (Å²) in [6.07, 6.45) is 5.50. The molecule has 22 heavy (non-hydrogen) atoms. The second-order valence-electron chi connectivity index (χ2n) is 6.54. The van der Waals surface area contributed by atoms with E-state index in [9.17, 15) is 4.79 Å². The number of piperidine rings is 3. The lowest BCUT2D eigenvalue weighted by molar-refractivity contribution is -0.122. The predicted molar refractivity (Wildman–Crippen MR) is 90.4 cm³/mol. The molecule has 0 saturated carbocycles. The first-order valence-electron chi connectivity index (χ1n) is 7.65. The fourth-order valence-electron chi connectivity index (χ4n) is 4.55. The zero-order valence-electron chi connectivity index (χ0n) is 11.9. The van der Waals surface area contributed by atoms with Crippen LogP contribution in [0.4, 0.5) is 0 Å². The third-order valence-corrected chi connectivity index (χ3v) is 6.45. The van der Waals surface area contributed by atoms with Crippen molar-refractivity contribution in [3.8, 4) is 0 Å². The quantitative estimate of drug-likeness (QED) is 0.720. The number of fused-ring (bicyclic) bond motifs is 1. The summed E-state index contributed by atoms with van der Waals surface area (Å²) in [6.45, 7) is 0.945. The molecule has 5 heteroatoms. The van der Waals surface area contributed by atoms with Gasteiger partial charge in [0.15, 0.2) is 0 Å². The van der Waals surface area contributed by atoms with Crippen molar-refractivity contribution in [2.75, 3.05) is 6.54 Å². The van der Waals surface area contributed by atoms with Crippen molar-refractivity contribution in [1.82, 2.24) is 4.90 Å². The van der Waals surface area contributed by atoms with Gasteiger partial charge in [-0.15, -0.1) is 0 Å². The minimum atomic E-state index is -0.180. The monoisotopic (exact) mass is 355 g/mol. The van der Waals surface area contributed by atoms with Gasteiger partial charge in [-0.2, -0.15) is 0 Å². The molecule has 4 aliphatic heterocycles. The summed E-state index contributed by atoms with van der Waals surface area (Å²) in [5.74, 6) is 0.227. The Morgan fingerprint density at radius 3 is 2.77 bits per heavy atom. The number of hydrogen-bond donors (Lipinski definition) is 0. The Labute approximate surface area is 145 Å². The van der Waals surface area contributed by atoms with Crippen LogP contribution < -0.4 is 0 Å². The Morgan fingerprint density at radius 2 is 2.05 bits per heavy atom. The molecule has 2 nitrogen and oxygen atoms in total. The standard InChI is InChI=1S/C17H16Cl3NO/c18-13-3-1-9(6-14(13)19)5-10-8-21-11-2-4-15(21)16(17(20)22)12(10)7-11/h1,3,5-6,11-12,15-16H,2,4,7-8H2/b10-5+/t11-,12+,15+,16-/m0/s1. The SMILES string of the molecule is O=C(Cl)[C@H]1[C@@H]2C[C@@H]3CC[C@H]1N3C/C2=C\c1ccc(Cl)c(Cl)c1. The minimum Gasteiger partial charge on any atom is -0.293 e. The number of carbonyl (C=O) groups excluding carboxylic acids is 1. The van der Waals surface area contributed by atoms with Crippen LogP contribution in [-0.2, 0) is 4.79 Å². The molecule has 4 saturated heterocycles. The Bertz CT molecular complexity index is 672. The van der Waals surface area contributed by atoms with E-state index in [2.05, 4.69) is 11.0 Å². The highest BCUT2D eigenvalue weighted by Gasteiger charge is 2.54. The average Bonchev–Trinajstić information content (AvgIpc) is 2.78. The van der Waals surface area contributed by atoms with Crippen molar-refractivity contribution in [2.24, 2.45) is 11.8 Å². The van der Waals surface area contributed by atoms with Crippen LogP contribution in [0.5, 0.6) is 0 Å². The molecular formula is C17H16Cl3NO. The highest BCUT2D eigenvalue weighted by Crippen LogP contribution is 2.51. The maximum atomic E-state index is 11.9. The molecule has 0 spiro atoms. The molecule has 116 valence electrons. The molecule has 0 N–H and O–H groups in total. The highest BCUT2D eigenvalue weighted by atomic mass is 35.5. The number of benzene rings is 1. The van der Waals surface area contributed by atoms with E-state index in [1.165, 1.54) is 12.0 Å². The Morgan fingerprint density at radius 1 is 1.23 bits per heavy atom. The summed E-state index contributed by atoms with van der Waals surface area (Å²) in [7, 11) is 0. The number of nitrogens with zero attached hydrogens (tertiary/aromatic N) is 1. The van der Waals surface area contributed by atoms with Crippen molar-refractivity contribution < 1.29 is 4.79 Å². The van der Waals surface area contributed by atoms with Gasteiger partial charge in [-0.05, 0) is 54.5 Å². The van der Waals surface area contributed by atoms with Gasteiger partial charge in [0.1, 0.15) is 0 Å². The summed E-state index contributed by atoms with van der Waals surface area (Å²) < 4.78 is 0. The van der Waals surface area contributed by atoms with Crippen LogP contribution in [0.15, 0.2) is 23.8 Å². The third-order valence-electron chi connectivity index (χ3n) is 5.46. The number of hydrogen-bond acceptors (Lipinski definition) is 2. The van der Waals surface area contributed by atoms with Gasteiger partial charge >= 0.3 is 0 Å². The van der Waals surface area contributed by atoms with E-state index in [-0.39, 0.29) is 17.1 Å². The topological polar surface area (TPSA) is 20.3 Å². The number of rotatable bonds is 2. The van der Waals surface area contributed by atoms with Crippen LogP contribution in [0.1, 0.15) is 24.8 Å². The van der Waals surface area contributed by atoms with Crippen molar-refractivity contribution in [1.29, 1.82) is 0 Å². The van der Waals surface area contributed by atoms with Crippen LogP contribution in [0, 0.1) is 11.8 Å². The van der Waals surface area contributed by atoms with Gasteiger partial charge in [-0.1, -0.05) is 40.9 Å². The van der Waals surface area contributed by atoms with Crippen molar-refractivity contribution >= 4 is 46.1 Å². The summed E-state index contributed by atoms with van der Waals surface area (Å²) in [4.78, 5) is 14.4. The van der Waals surface area contributed by atoms with Crippen molar-refractivity contribution in [3.63, 3.8) is 0 Å². The van der Waals surface area contributed by atoms with E-state index >= 15 is 0 Å². The molecule has 1 aromatic rings. The van der Waals surface area contributed by atoms with Crippen LogP contribution in [0.25, 0.3) is 6.08 Å². The van der Waals surface area contributed by atoms with Gasteiger partial charge in [0.2, 0.25) is 5.24 Å². The Kier molecular flexibility index (Phi) is 3.77. The number of carbonyl (C=O) groups is 1. The van der Waals surface area contributed by atoms with E-state index in [1.54, 1.807) is 0 Å².